The molecule has 0 bridgehead atoms. The molecule has 0 rings (SSSR count). The van der Waals surface area contributed by atoms with Crippen molar-refractivity contribution in [2.75, 3.05) is 26.4 Å². The molecule has 11 heteroatoms. The second kappa shape index (κ2) is 33.5. The fourth-order valence-corrected chi connectivity index (χ4v) is 6.13. The van der Waals surface area contributed by atoms with Crippen LogP contribution in [0, 0.1) is 0 Å². The van der Waals surface area contributed by atoms with Crippen LogP contribution in [0.4, 0.5) is 0 Å². The Morgan fingerprint density at radius 1 is 0.489 bits per heavy atom. The summed E-state index contributed by atoms with van der Waals surface area (Å²) in [6.45, 7) is 2.14. The van der Waals surface area contributed by atoms with E-state index in [0.29, 0.717) is 12.8 Å². The molecule has 0 saturated heterocycles. The number of phosphoric ester groups is 1. The highest BCUT2D eigenvalue weighted by Gasteiger charge is 2.27. The van der Waals surface area contributed by atoms with Crippen LogP contribution in [0.15, 0.2) is 0 Å². The third kappa shape index (κ3) is 32.0. The maximum Gasteiger partial charge on any atom is 0.472 e. The summed E-state index contributed by atoms with van der Waals surface area (Å²) in [6.07, 6.45) is 26.9. The molecule has 3 unspecified atom stereocenters. The first-order valence-electron chi connectivity index (χ1n) is 19.0. The number of hydrogen-bond donors (Lipinski definition) is 3. The predicted octanol–water partition coefficient (Wildman–Crippen LogP) is 9.11. The summed E-state index contributed by atoms with van der Waals surface area (Å²) in [6, 6.07) is 0. The summed E-state index contributed by atoms with van der Waals surface area (Å²) >= 11 is 0. The number of aliphatic hydroxyl groups is 2. The van der Waals surface area contributed by atoms with Crippen molar-refractivity contribution in [2.24, 2.45) is 0 Å². The van der Waals surface area contributed by atoms with Gasteiger partial charge in [-0.15, -0.1) is 0 Å². The lowest BCUT2D eigenvalue weighted by Gasteiger charge is -2.20. The Kier molecular flexibility index (Phi) is 32.7. The first kappa shape index (κ1) is 46.0. The lowest BCUT2D eigenvalue weighted by molar-refractivity contribution is -0.153. The Morgan fingerprint density at radius 2 is 0.745 bits per heavy atom. The van der Waals surface area contributed by atoms with Crippen LogP contribution in [0.1, 0.15) is 181 Å². The lowest BCUT2D eigenvalue weighted by Crippen LogP contribution is -2.28. The molecule has 0 aromatic carbocycles. The topological polar surface area (TPSA) is 149 Å². The molecule has 0 spiro atoms. The van der Waals surface area contributed by atoms with Gasteiger partial charge < -0.3 is 24.6 Å². The van der Waals surface area contributed by atoms with Crippen molar-refractivity contribution < 1.29 is 47.8 Å². The molecule has 0 heterocycles. The van der Waals surface area contributed by atoms with Gasteiger partial charge in [0.2, 0.25) is 0 Å². The van der Waals surface area contributed by atoms with Gasteiger partial charge in [0.25, 0.3) is 0 Å². The minimum Gasteiger partial charge on any atom is -0.457 e. The fraction of sp³-hybridized carbons (Fsp3) is 0.944. The van der Waals surface area contributed by atoms with Gasteiger partial charge >= 0.3 is 19.8 Å². The van der Waals surface area contributed by atoms with Crippen molar-refractivity contribution in [3.8, 4) is 0 Å². The molecule has 0 radical (unpaired) electrons. The second-order valence-electron chi connectivity index (χ2n) is 12.9. The average Bonchev–Trinajstić information content (AvgIpc) is 3.06. The molecule has 0 aliphatic rings. The fourth-order valence-electron chi connectivity index (χ4n) is 5.35. The molecule has 0 aromatic rings. The van der Waals surface area contributed by atoms with E-state index in [2.05, 4.69) is 13.8 Å². The normalized spacial score (nSPS) is 14.1. The van der Waals surface area contributed by atoms with Crippen LogP contribution in [-0.2, 0) is 32.7 Å². The van der Waals surface area contributed by atoms with E-state index in [0.717, 1.165) is 44.9 Å². The van der Waals surface area contributed by atoms with Crippen molar-refractivity contribution in [3.05, 3.63) is 0 Å². The molecule has 280 valence electrons. The second-order valence-corrected chi connectivity index (χ2v) is 14.4. The van der Waals surface area contributed by atoms with Gasteiger partial charge in [0, 0.05) is 12.8 Å². The molecule has 0 aliphatic carbocycles. The van der Waals surface area contributed by atoms with Crippen molar-refractivity contribution in [1.29, 1.82) is 0 Å². The van der Waals surface area contributed by atoms with Gasteiger partial charge in [-0.2, -0.15) is 0 Å². The number of hydrogen-bond acceptors (Lipinski definition) is 9. The average molecular weight is 695 g/mol. The van der Waals surface area contributed by atoms with E-state index < -0.39 is 58.4 Å². The van der Waals surface area contributed by atoms with Gasteiger partial charge in [0.1, 0.15) is 12.2 Å². The highest BCUT2D eigenvalue weighted by molar-refractivity contribution is 7.47. The zero-order valence-corrected chi connectivity index (χ0v) is 30.9. The first-order valence-corrected chi connectivity index (χ1v) is 20.5. The quantitative estimate of drug-likeness (QED) is 0.0329. The summed E-state index contributed by atoms with van der Waals surface area (Å²) in [5.41, 5.74) is 0. The van der Waals surface area contributed by atoms with Crippen LogP contribution in [-0.4, -0.2) is 65.7 Å². The monoisotopic (exact) mass is 694 g/mol. The molecule has 0 fully saturated rings. The predicted molar refractivity (Wildman–Crippen MR) is 187 cm³/mol. The molecule has 47 heavy (non-hydrogen) atoms. The van der Waals surface area contributed by atoms with Gasteiger partial charge in [-0.05, 0) is 12.8 Å². The Bertz CT molecular complexity index is 766. The van der Waals surface area contributed by atoms with Crippen LogP contribution in [0.5, 0.6) is 0 Å². The van der Waals surface area contributed by atoms with Crippen molar-refractivity contribution in [3.63, 3.8) is 0 Å². The number of ether oxygens (including phenoxy) is 2. The highest BCUT2D eigenvalue weighted by Crippen LogP contribution is 2.43. The van der Waals surface area contributed by atoms with Crippen LogP contribution < -0.4 is 0 Å². The number of rotatable bonds is 36. The van der Waals surface area contributed by atoms with Gasteiger partial charge in [0.05, 0.1) is 26.4 Å². The Morgan fingerprint density at radius 3 is 1.00 bits per heavy atom. The van der Waals surface area contributed by atoms with E-state index in [4.69, 9.17) is 18.5 Å². The standard InChI is InChI=1S/C36H71O10P/c1-3-5-7-9-11-12-13-14-15-16-17-18-19-20-21-22-24-26-28-36(40)46-34(30-38)32-44-47(41,42)43-31-33(29-37)45-35(39)27-25-23-10-8-6-4-2/h33-34,37-38H,3-32H2,1-2H3,(H,41,42). The number of carbonyl (C=O) groups excluding carboxylic acids is 2. The first-order chi connectivity index (χ1) is 22.8. The Hall–Kier alpha value is -1.03. The van der Waals surface area contributed by atoms with Gasteiger partial charge in [-0.3, -0.25) is 18.6 Å². The molecule has 3 N–H and O–H groups in total. The lowest BCUT2D eigenvalue weighted by atomic mass is 10.0. The highest BCUT2D eigenvalue weighted by atomic mass is 31.2. The number of carbonyl (C=O) groups is 2. The molecular formula is C36H71O10P. The third-order valence-electron chi connectivity index (χ3n) is 8.32. The van der Waals surface area contributed by atoms with Crippen LogP contribution in [0.3, 0.4) is 0 Å². The van der Waals surface area contributed by atoms with Crippen molar-refractivity contribution in [2.45, 2.75) is 193 Å². The molecule has 0 amide bonds. The van der Waals surface area contributed by atoms with E-state index in [1.807, 2.05) is 0 Å². The molecule has 0 aromatic heterocycles. The SMILES string of the molecule is CCCCCCCCCCCCCCCCCCCCC(=O)OC(CO)COP(=O)(O)OCC(CO)OC(=O)CCCCCCCC. The molecule has 10 nitrogen and oxygen atoms in total. The van der Waals surface area contributed by atoms with Crippen LogP contribution in [0.25, 0.3) is 0 Å². The minimum atomic E-state index is -4.61. The van der Waals surface area contributed by atoms with E-state index in [1.54, 1.807) is 0 Å². The number of phosphoric acid groups is 1. The summed E-state index contributed by atoms with van der Waals surface area (Å²) in [5, 5.41) is 19.0. The number of aliphatic hydroxyl groups excluding tert-OH is 2. The molecule has 0 aliphatic heterocycles. The zero-order chi connectivity index (χ0) is 34.9. The van der Waals surface area contributed by atoms with E-state index in [1.165, 1.54) is 96.3 Å². The summed E-state index contributed by atoms with van der Waals surface area (Å²) in [7, 11) is -4.61. The minimum absolute atomic E-state index is 0.193. The van der Waals surface area contributed by atoms with Gasteiger partial charge in [-0.1, -0.05) is 155 Å². The van der Waals surface area contributed by atoms with E-state index in [9.17, 15) is 29.3 Å². The molecule has 3 atom stereocenters. The van der Waals surface area contributed by atoms with Crippen molar-refractivity contribution in [1.82, 2.24) is 0 Å². The maximum atomic E-state index is 12.2. The zero-order valence-electron chi connectivity index (χ0n) is 30.0. The van der Waals surface area contributed by atoms with Crippen LogP contribution >= 0.6 is 7.82 Å². The summed E-state index contributed by atoms with van der Waals surface area (Å²) in [4.78, 5) is 34.1. The van der Waals surface area contributed by atoms with Crippen molar-refractivity contribution >= 4 is 19.8 Å². The molecule has 0 saturated carbocycles. The van der Waals surface area contributed by atoms with E-state index in [-0.39, 0.29) is 12.8 Å². The Labute approximate surface area is 286 Å². The smallest absolute Gasteiger partial charge is 0.457 e. The summed E-state index contributed by atoms with van der Waals surface area (Å²) < 4.78 is 32.3. The third-order valence-corrected chi connectivity index (χ3v) is 9.27. The number of unbranched alkanes of at least 4 members (excludes halogenated alkanes) is 22. The maximum absolute atomic E-state index is 12.2. The van der Waals surface area contributed by atoms with E-state index >= 15 is 0 Å². The Balaban J connectivity index is 3.86. The van der Waals surface area contributed by atoms with Gasteiger partial charge in [-0.25, -0.2) is 4.57 Å². The molecular weight excluding hydrogens is 623 g/mol. The largest absolute Gasteiger partial charge is 0.472 e. The van der Waals surface area contributed by atoms with Gasteiger partial charge in [0.15, 0.2) is 0 Å². The van der Waals surface area contributed by atoms with Crippen LogP contribution in [0.2, 0.25) is 0 Å². The summed E-state index contributed by atoms with van der Waals surface area (Å²) in [5.74, 6) is -1.02. The number of esters is 2.